The van der Waals surface area contributed by atoms with Gasteiger partial charge >= 0.3 is 0 Å². The summed E-state index contributed by atoms with van der Waals surface area (Å²) in [7, 11) is 3.41. The van der Waals surface area contributed by atoms with Crippen LogP contribution in [0, 0.1) is 0 Å². The molecule has 130 valence electrons. The number of carbonyl (C=O) groups excluding carboxylic acids is 3. The first-order chi connectivity index (χ1) is 11.3. The van der Waals surface area contributed by atoms with Gasteiger partial charge in [0.2, 0.25) is 11.8 Å². The number of nitrogens with zero attached hydrogens (tertiary/aromatic N) is 3. The third-order valence-corrected chi connectivity index (χ3v) is 4.24. The smallest absolute Gasteiger partial charge is 0.253 e. The molecular formula is C18H25N3O3. The van der Waals surface area contributed by atoms with Gasteiger partial charge in [-0.3, -0.25) is 14.4 Å². The van der Waals surface area contributed by atoms with Crippen LogP contribution in [-0.2, 0) is 16.1 Å². The number of hydrogen-bond acceptors (Lipinski definition) is 3. The van der Waals surface area contributed by atoms with E-state index in [-0.39, 0.29) is 24.3 Å². The van der Waals surface area contributed by atoms with Gasteiger partial charge in [0.15, 0.2) is 0 Å². The number of amides is 3. The third-order valence-electron chi connectivity index (χ3n) is 4.24. The van der Waals surface area contributed by atoms with Crippen LogP contribution in [0.4, 0.5) is 0 Å². The van der Waals surface area contributed by atoms with Crippen molar-refractivity contribution in [3.8, 4) is 0 Å². The summed E-state index contributed by atoms with van der Waals surface area (Å²) >= 11 is 0. The van der Waals surface area contributed by atoms with Crippen LogP contribution < -0.4 is 0 Å². The van der Waals surface area contributed by atoms with Gasteiger partial charge in [0, 0.05) is 32.7 Å². The molecule has 0 unspecified atom stereocenters. The minimum absolute atomic E-state index is 0.00384. The molecule has 0 bridgehead atoms. The van der Waals surface area contributed by atoms with Gasteiger partial charge in [-0.05, 0) is 31.0 Å². The Morgan fingerprint density at radius 3 is 2.38 bits per heavy atom. The lowest BCUT2D eigenvalue weighted by Gasteiger charge is -2.38. The van der Waals surface area contributed by atoms with Crippen molar-refractivity contribution >= 4 is 17.7 Å². The number of hydrogen-bond donors (Lipinski definition) is 0. The summed E-state index contributed by atoms with van der Waals surface area (Å²) in [6.07, 6.45) is 0.840. The molecule has 0 N–H and O–H groups in total. The van der Waals surface area contributed by atoms with Crippen molar-refractivity contribution in [2.24, 2.45) is 0 Å². The van der Waals surface area contributed by atoms with Crippen LogP contribution in [0.1, 0.15) is 36.2 Å². The molecule has 1 atom stereocenters. The lowest BCUT2D eigenvalue weighted by molar-refractivity contribution is -0.155. The molecular weight excluding hydrogens is 306 g/mol. The monoisotopic (exact) mass is 331 g/mol. The highest BCUT2D eigenvalue weighted by atomic mass is 16.2. The van der Waals surface area contributed by atoms with Crippen LogP contribution in [0.2, 0.25) is 0 Å². The Balaban J connectivity index is 2.09. The van der Waals surface area contributed by atoms with E-state index in [9.17, 15) is 14.4 Å². The highest BCUT2D eigenvalue weighted by Gasteiger charge is 2.35. The van der Waals surface area contributed by atoms with E-state index in [4.69, 9.17) is 0 Å². The topological polar surface area (TPSA) is 60.9 Å². The molecule has 0 aliphatic carbocycles. The fourth-order valence-corrected chi connectivity index (χ4v) is 2.84. The van der Waals surface area contributed by atoms with Gasteiger partial charge < -0.3 is 14.7 Å². The minimum atomic E-state index is -0.458. The van der Waals surface area contributed by atoms with Gasteiger partial charge in [0.25, 0.3) is 5.91 Å². The first-order valence-electron chi connectivity index (χ1n) is 8.24. The Bertz CT molecular complexity index is 625. The third kappa shape index (κ3) is 3.75. The largest absolute Gasteiger partial charge is 0.345 e. The molecule has 0 spiro atoms. The van der Waals surface area contributed by atoms with E-state index in [1.54, 1.807) is 43.0 Å². The van der Waals surface area contributed by atoms with Crippen molar-refractivity contribution in [3.63, 3.8) is 0 Å². The van der Waals surface area contributed by atoms with E-state index in [0.717, 1.165) is 12.0 Å². The molecule has 24 heavy (non-hydrogen) atoms. The van der Waals surface area contributed by atoms with Gasteiger partial charge in [-0.15, -0.1) is 0 Å². The standard InChI is InChI=1S/C18H25N3O3/c1-5-10-20-12-16(22)21(13(2)17(20)23)11-14-6-8-15(9-7-14)18(24)19(3)4/h6-9,13H,5,10-12H2,1-4H3/t13-/m0/s1. The van der Waals surface area contributed by atoms with Crippen LogP contribution in [0.15, 0.2) is 24.3 Å². The molecule has 1 aromatic carbocycles. The van der Waals surface area contributed by atoms with E-state index >= 15 is 0 Å². The summed E-state index contributed by atoms with van der Waals surface area (Å²) in [6, 6.07) is 6.71. The fraction of sp³-hybridized carbons (Fsp3) is 0.500. The highest BCUT2D eigenvalue weighted by molar-refractivity contribution is 5.95. The van der Waals surface area contributed by atoms with Crippen molar-refractivity contribution in [2.75, 3.05) is 27.2 Å². The molecule has 0 saturated carbocycles. The van der Waals surface area contributed by atoms with Crippen LogP contribution in [0.5, 0.6) is 0 Å². The first kappa shape index (κ1) is 18.0. The van der Waals surface area contributed by atoms with E-state index in [0.29, 0.717) is 18.7 Å². The van der Waals surface area contributed by atoms with Crippen LogP contribution in [0.3, 0.4) is 0 Å². The van der Waals surface area contributed by atoms with E-state index in [2.05, 4.69) is 0 Å². The second kappa shape index (κ2) is 7.47. The van der Waals surface area contributed by atoms with Crippen molar-refractivity contribution in [1.29, 1.82) is 0 Å². The zero-order chi connectivity index (χ0) is 17.9. The average molecular weight is 331 g/mol. The molecule has 3 amide bonds. The highest BCUT2D eigenvalue weighted by Crippen LogP contribution is 2.17. The van der Waals surface area contributed by atoms with Crippen molar-refractivity contribution in [1.82, 2.24) is 14.7 Å². The lowest BCUT2D eigenvalue weighted by Crippen LogP contribution is -2.58. The second-order valence-corrected chi connectivity index (χ2v) is 6.35. The Hall–Kier alpha value is -2.37. The quantitative estimate of drug-likeness (QED) is 0.818. The molecule has 1 saturated heterocycles. The Kier molecular flexibility index (Phi) is 5.59. The van der Waals surface area contributed by atoms with Gasteiger partial charge in [-0.2, -0.15) is 0 Å². The summed E-state index contributed by atoms with van der Waals surface area (Å²) in [6.45, 7) is 4.90. The van der Waals surface area contributed by atoms with Crippen LogP contribution in [0.25, 0.3) is 0 Å². The zero-order valence-corrected chi connectivity index (χ0v) is 14.8. The molecule has 1 heterocycles. The fourth-order valence-electron chi connectivity index (χ4n) is 2.84. The first-order valence-corrected chi connectivity index (χ1v) is 8.24. The van der Waals surface area contributed by atoms with Gasteiger partial charge in [-0.25, -0.2) is 0 Å². The summed E-state index contributed by atoms with van der Waals surface area (Å²) in [5, 5.41) is 0. The van der Waals surface area contributed by atoms with Gasteiger partial charge in [0.1, 0.15) is 6.04 Å². The number of benzene rings is 1. The molecule has 2 rings (SSSR count). The predicted molar refractivity (Wildman–Crippen MR) is 91.3 cm³/mol. The molecule has 1 fully saturated rings. The molecule has 6 heteroatoms. The summed E-state index contributed by atoms with van der Waals surface area (Å²) < 4.78 is 0. The molecule has 6 nitrogen and oxygen atoms in total. The van der Waals surface area contributed by atoms with Gasteiger partial charge in [-0.1, -0.05) is 19.1 Å². The summed E-state index contributed by atoms with van der Waals surface area (Å²) in [5.41, 5.74) is 1.51. The number of rotatable bonds is 5. The summed E-state index contributed by atoms with van der Waals surface area (Å²) in [4.78, 5) is 41.4. The maximum atomic E-state index is 12.4. The second-order valence-electron chi connectivity index (χ2n) is 6.35. The Morgan fingerprint density at radius 1 is 1.21 bits per heavy atom. The Labute approximate surface area is 143 Å². The maximum absolute atomic E-state index is 12.4. The summed E-state index contributed by atoms with van der Waals surface area (Å²) in [5.74, 6) is -0.103. The van der Waals surface area contributed by atoms with Crippen LogP contribution in [-0.4, -0.2) is 65.6 Å². The van der Waals surface area contributed by atoms with Crippen molar-refractivity contribution in [3.05, 3.63) is 35.4 Å². The number of carbonyl (C=O) groups is 3. The molecule has 0 aromatic heterocycles. The van der Waals surface area contributed by atoms with E-state index in [1.165, 1.54) is 4.90 Å². The van der Waals surface area contributed by atoms with E-state index in [1.807, 2.05) is 19.1 Å². The maximum Gasteiger partial charge on any atom is 0.253 e. The Morgan fingerprint density at radius 2 is 1.83 bits per heavy atom. The van der Waals surface area contributed by atoms with Crippen molar-refractivity contribution in [2.45, 2.75) is 32.9 Å². The number of piperazine rings is 1. The molecule has 1 aliphatic rings. The van der Waals surface area contributed by atoms with Crippen molar-refractivity contribution < 1.29 is 14.4 Å². The van der Waals surface area contributed by atoms with E-state index < -0.39 is 6.04 Å². The molecule has 1 aliphatic heterocycles. The van der Waals surface area contributed by atoms with Gasteiger partial charge in [0.05, 0.1) is 6.54 Å². The normalized spacial score (nSPS) is 18.1. The predicted octanol–water partition coefficient (Wildman–Crippen LogP) is 1.36. The van der Waals surface area contributed by atoms with Crippen LogP contribution >= 0.6 is 0 Å². The molecule has 0 radical (unpaired) electrons. The zero-order valence-electron chi connectivity index (χ0n) is 14.8. The average Bonchev–Trinajstić information content (AvgIpc) is 2.56. The SMILES string of the molecule is CCCN1CC(=O)N(Cc2ccc(C(=O)N(C)C)cc2)[C@@H](C)C1=O. The minimum Gasteiger partial charge on any atom is -0.345 e. The lowest BCUT2D eigenvalue weighted by atomic mass is 10.1. The molecule has 1 aromatic rings.